The lowest BCUT2D eigenvalue weighted by molar-refractivity contribution is -0.119. The van der Waals surface area contributed by atoms with Crippen molar-refractivity contribution in [2.75, 3.05) is 18.0 Å². The van der Waals surface area contributed by atoms with Crippen LogP contribution in [0.3, 0.4) is 0 Å². The lowest BCUT2D eigenvalue weighted by Gasteiger charge is -2.21. The van der Waals surface area contributed by atoms with Gasteiger partial charge in [0.05, 0.1) is 17.2 Å². The lowest BCUT2D eigenvalue weighted by atomic mass is 10.1. The lowest BCUT2D eigenvalue weighted by Crippen LogP contribution is -2.38. The van der Waals surface area contributed by atoms with Crippen molar-refractivity contribution in [1.29, 1.82) is 0 Å². The summed E-state index contributed by atoms with van der Waals surface area (Å²) in [5, 5.41) is 12.3. The van der Waals surface area contributed by atoms with E-state index in [1.54, 1.807) is 10.6 Å². The third kappa shape index (κ3) is 3.12. The highest BCUT2D eigenvalue weighted by atomic mass is 19.1. The Bertz CT molecular complexity index is 1040. The van der Waals surface area contributed by atoms with E-state index < -0.39 is 17.2 Å². The van der Waals surface area contributed by atoms with Crippen LogP contribution in [0.5, 0.6) is 0 Å². The maximum atomic E-state index is 14.9. The zero-order chi connectivity index (χ0) is 20.2. The Morgan fingerprint density at radius 3 is 2.57 bits per heavy atom. The van der Waals surface area contributed by atoms with Gasteiger partial charge >= 0.3 is 5.97 Å². The Morgan fingerprint density at radius 2 is 1.96 bits per heavy atom. The molecule has 1 saturated heterocycles. The van der Waals surface area contributed by atoms with Gasteiger partial charge in [0.2, 0.25) is 11.3 Å². The van der Waals surface area contributed by atoms with Crippen LogP contribution in [0.4, 0.5) is 10.1 Å². The van der Waals surface area contributed by atoms with Crippen LogP contribution in [0.15, 0.2) is 23.1 Å². The molecule has 1 aliphatic carbocycles. The molecule has 1 aromatic heterocycles. The average molecular weight is 387 g/mol. The van der Waals surface area contributed by atoms with Crippen molar-refractivity contribution in [1.82, 2.24) is 9.88 Å². The van der Waals surface area contributed by atoms with E-state index in [0.29, 0.717) is 24.3 Å². The van der Waals surface area contributed by atoms with E-state index in [-0.39, 0.29) is 34.9 Å². The van der Waals surface area contributed by atoms with Crippen molar-refractivity contribution in [2.24, 2.45) is 5.92 Å². The van der Waals surface area contributed by atoms with Crippen LogP contribution in [-0.2, 0) is 4.79 Å². The number of benzene rings is 1. The molecule has 8 heteroatoms. The maximum Gasteiger partial charge on any atom is 0.341 e. The number of hydrogen-bond acceptors (Lipinski definition) is 4. The smallest absolute Gasteiger partial charge is 0.341 e. The van der Waals surface area contributed by atoms with Crippen molar-refractivity contribution in [2.45, 2.75) is 38.8 Å². The van der Waals surface area contributed by atoms with Gasteiger partial charge in [0.1, 0.15) is 11.4 Å². The van der Waals surface area contributed by atoms with Crippen LogP contribution in [-0.4, -0.2) is 40.7 Å². The Hall–Kier alpha value is -2.90. The molecule has 1 aromatic carbocycles. The molecule has 1 amide bonds. The topological polar surface area (TPSA) is 91.6 Å². The van der Waals surface area contributed by atoms with E-state index in [1.807, 2.05) is 11.8 Å². The van der Waals surface area contributed by atoms with Gasteiger partial charge in [-0.15, -0.1) is 0 Å². The fourth-order valence-corrected chi connectivity index (χ4v) is 4.02. The first kappa shape index (κ1) is 18.5. The maximum absolute atomic E-state index is 14.9. The molecule has 4 rings (SSSR count). The molecule has 2 heterocycles. The number of nitrogens with one attached hydrogen (secondary N) is 1. The highest BCUT2D eigenvalue weighted by Crippen LogP contribution is 2.38. The van der Waals surface area contributed by atoms with Gasteiger partial charge in [-0.2, -0.15) is 0 Å². The first-order chi connectivity index (χ1) is 13.3. The van der Waals surface area contributed by atoms with Crippen LogP contribution < -0.4 is 15.6 Å². The minimum atomic E-state index is -1.31. The molecule has 7 nitrogen and oxygen atoms in total. The van der Waals surface area contributed by atoms with Crippen molar-refractivity contribution >= 4 is 28.5 Å². The van der Waals surface area contributed by atoms with Crippen molar-refractivity contribution in [3.63, 3.8) is 0 Å². The van der Waals surface area contributed by atoms with Gasteiger partial charge in [-0.05, 0) is 30.9 Å². The first-order valence-corrected chi connectivity index (χ1v) is 9.40. The predicted molar refractivity (Wildman–Crippen MR) is 102 cm³/mol. The summed E-state index contributed by atoms with van der Waals surface area (Å²) in [5.41, 5.74) is -0.101. The number of halogens is 1. The summed E-state index contributed by atoms with van der Waals surface area (Å²) in [4.78, 5) is 37.2. The number of carbonyl (C=O) groups is 2. The van der Waals surface area contributed by atoms with Crippen LogP contribution in [0, 0.1) is 11.7 Å². The largest absolute Gasteiger partial charge is 0.477 e. The number of rotatable bonds is 4. The highest BCUT2D eigenvalue weighted by molar-refractivity contribution is 5.93. The third-order valence-corrected chi connectivity index (χ3v) is 5.61. The predicted octanol–water partition coefficient (Wildman–Crippen LogP) is 2.13. The molecule has 2 fully saturated rings. The quantitative estimate of drug-likeness (QED) is 0.839. The zero-order valence-electron chi connectivity index (χ0n) is 15.7. The highest BCUT2D eigenvalue weighted by Gasteiger charge is 2.33. The second kappa shape index (κ2) is 6.61. The van der Waals surface area contributed by atoms with Gasteiger partial charge in [-0.3, -0.25) is 9.59 Å². The molecule has 2 N–H and O–H groups in total. The van der Waals surface area contributed by atoms with E-state index in [0.717, 1.165) is 18.9 Å². The molecule has 1 aliphatic heterocycles. The van der Waals surface area contributed by atoms with E-state index >= 15 is 0 Å². The Labute approximate surface area is 160 Å². The number of carbonyl (C=O) groups excluding carboxylic acids is 1. The Morgan fingerprint density at radius 1 is 1.25 bits per heavy atom. The SMILES string of the molecule is CC(=O)N[C@@H]1CN(c2cc3c(cc2F)c(=O)c(C(=O)O)cn3C2CC2)C[C@H]1C. The second-order valence-electron chi connectivity index (χ2n) is 7.83. The molecular formula is C20H22FN3O4. The number of amides is 1. The summed E-state index contributed by atoms with van der Waals surface area (Å²) in [7, 11) is 0. The molecule has 1 saturated carbocycles. The molecule has 0 spiro atoms. The number of aromatic carboxylic acids is 1. The van der Waals surface area contributed by atoms with E-state index in [2.05, 4.69) is 5.32 Å². The number of aromatic nitrogens is 1. The average Bonchev–Trinajstić information content (AvgIpc) is 3.39. The summed E-state index contributed by atoms with van der Waals surface area (Å²) >= 11 is 0. The molecule has 2 atom stereocenters. The number of pyridine rings is 1. The summed E-state index contributed by atoms with van der Waals surface area (Å²) in [6.07, 6.45) is 3.17. The molecule has 148 valence electrons. The van der Waals surface area contributed by atoms with Crippen LogP contribution >= 0.6 is 0 Å². The molecule has 28 heavy (non-hydrogen) atoms. The number of fused-ring (bicyclic) bond motifs is 1. The fourth-order valence-electron chi connectivity index (χ4n) is 4.02. The van der Waals surface area contributed by atoms with Gasteiger partial charge in [-0.25, -0.2) is 9.18 Å². The third-order valence-electron chi connectivity index (χ3n) is 5.61. The van der Waals surface area contributed by atoms with Crippen LogP contribution in [0.25, 0.3) is 10.9 Å². The minimum absolute atomic E-state index is 0.0763. The molecule has 2 aromatic rings. The molecule has 0 radical (unpaired) electrons. The van der Waals surface area contributed by atoms with Crippen molar-refractivity contribution in [3.05, 3.63) is 39.9 Å². The van der Waals surface area contributed by atoms with Crippen LogP contribution in [0.2, 0.25) is 0 Å². The number of hydrogen-bond donors (Lipinski definition) is 2. The molecule has 2 aliphatic rings. The summed E-state index contributed by atoms with van der Waals surface area (Å²) in [5.74, 6) is -1.84. The van der Waals surface area contributed by atoms with Crippen LogP contribution in [0.1, 0.15) is 43.1 Å². The van der Waals surface area contributed by atoms with E-state index in [4.69, 9.17) is 0 Å². The standard InChI is InChI=1S/C20H22FN3O4/c1-10-7-23(9-16(10)22-11(2)25)18-6-17-13(5-15(18)21)19(26)14(20(27)28)8-24(17)12-3-4-12/h5-6,8,10,12,16H,3-4,7,9H2,1-2H3,(H,22,25)(H,27,28)/t10-,16-/m1/s1. The van der Waals surface area contributed by atoms with Crippen molar-refractivity contribution < 1.29 is 19.1 Å². The first-order valence-electron chi connectivity index (χ1n) is 9.40. The van der Waals surface area contributed by atoms with Gasteiger partial charge < -0.3 is 19.9 Å². The number of carboxylic acids is 1. The monoisotopic (exact) mass is 387 g/mol. The second-order valence-corrected chi connectivity index (χ2v) is 7.83. The molecule has 0 unspecified atom stereocenters. The molecule has 0 bridgehead atoms. The summed E-state index contributed by atoms with van der Waals surface area (Å²) in [6.45, 7) is 4.51. The summed E-state index contributed by atoms with van der Waals surface area (Å²) in [6, 6.07) is 2.84. The normalized spacial score (nSPS) is 21.9. The number of carboxylic acid groups (broad SMARTS) is 1. The number of nitrogens with zero attached hydrogens (tertiary/aromatic N) is 2. The van der Waals surface area contributed by atoms with Crippen molar-refractivity contribution in [3.8, 4) is 0 Å². The summed E-state index contributed by atoms with van der Waals surface area (Å²) < 4.78 is 16.7. The fraction of sp³-hybridized carbons (Fsp3) is 0.450. The van der Waals surface area contributed by atoms with E-state index in [1.165, 1.54) is 13.1 Å². The Balaban J connectivity index is 1.81. The molecular weight excluding hydrogens is 365 g/mol. The van der Waals surface area contributed by atoms with Gasteiger partial charge in [0.25, 0.3) is 0 Å². The minimum Gasteiger partial charge on any atom is -0.477 e. The van der Waals surface area contributed by atoms with Gasteiger partial charge in [0.15, 0.2) is 0 Å². The van der Waals surface area contributed by atoms with Gasteiger partial charge in [0, 0.05) is 37.6 Å². The van der Waals surface area contributed by atoms with Gasteiger partial charge in [-0.1, -0.05) is 6.92 Å². The zero-order valence-corrected chi connectivity index (χ0v) is 15.7. The Kier molecular flexibility index (Phi) is 4.36. The number of anilines is 1. The van der Waals surface area contributed by atoms with E-state index in [9.17, 15) is 23.9 Å².